The highest BCUT2D eigenvalue weighted by Crippen LogP contribution is 1.92. The van der Waals surface area contributed by atoms with E-state index in [0.29, 0.717) is 0 Å². The number of carbonyl (C=O) groups is 1. The highest BCUT2D eigenvalue weighted by atomic mass is 16.5. The Kier molecular flexibility index (Phi) is 4.26. The monoisotopic (exact) mass is 195 g/mol. The van der Waals surface area contributed by atoms with Crippen LogP contribution in [0.15, 0.2) is 29.1 Å². The van der Waals surface area contributed by atoms with Crippen LogP contribution in [-0.4, -0.2) is 17.6 Å². The molecule has 0 saturated carbocycles. The van der Waals surface area contributed by atoms with E-state index in [1.54, 1.807) is 0 Å². The minimum absolute atomic E-state index is 0.157. The molecule has 1 aliphatic rings. The van der Waals surface area contributed by atoms with Crippen molar-refractivity contribution in [2.24, 2.45) is 5.73 Å². The number of carbonyl (C=O) groups excluding carboxylic acids is 1. The van der Waals surface area contributed by atoms with E-state index < -0.39 is 5.91 Å². The minimum atomic E-state index is -0.571. The smallest absolute Gasteiger partial charge is 0.270 e. The van der Waals surface area contributed by atoms with Crippen LogP contribution >= 0.6 is 0 Å². The molecule has 1 aromatic heterocycles. The Labute approximate surface area is 81.9 Å². The SMILES string of the molecule is C1=CNCCC1.NC(=O)c1ccon1. The molecule has 3 N–H and O–H groups in total. The van der Waals surface area contributed by atoms with Gasteiger partial charge in [-0.05, 0) is 19.0 Å². The van der Waals surface area contributed by atoms with Crippen molar-refractivity contribution in [1.29, 1.82) is 0 Å². The molecule has 0 fully saturated rings. The highest BCUT2D eigenvalue weighted by Gasteiger charge is 2.00. The van der Waals surface area contributed by atoms with Crippen LogP contribution in [0.3, 0.4) is 0 Å². The van der Waals surface area contributed by atoms with E-state index in [1.165, 1.54) is 25.2 Å². The molecule has 5 nitrogen and oxygen atoms in total. The van der Waals surface area contributed by atoms with Crippen molar-refractivity contribution in [2.45, 2.75) is 12.8 Å². The number of nitrogens with zero attached hydrogens (tertiary/aromatic N) is 1. The number of amides is 1. The number of hydrogen-bond acceptors (Lipinski definition) is 4. The molecular weight excluding hydrogens is 182 g/mol. The predicted molar refractivity (Wildman–Crippen MR) is 51.4 cm³/mol. The second-order valence-electron chi connectivity index (χ2n) is 2.75. The first kappa shape index (κ1) is 10.3. The average Bonchev–Trinajstić information content (AvgIpc) is 2.74. The lowest BCUT2D eigenvalue weighted by atomic mass is 10.2. The highest BCUT2D eigenvalue weighted by molar-refractivity contribution is 5.90. The fraction of sp³-hybridized carbons (Fsp3) is 0.333. The number of aromatic nitrogens is 1. The molecule has 1 aromatic rings. The van der Waals surface area contributed by atoms with Gasteiger partial charge >= 0.3 is 0 Å². The predicted octanol–water partition coefficient (Wildman–Crippen LogP) is 0.657. The van der Waals surface area contributed by atoms with Gasteiger partial charge in [-0.25, -0.2) is 0 Å². The minimum Gasteiger partial charge on any atom is -0.391 e. The van der Waals surface area contributed by atoms with E-state index in [2.05, 4.69) is 21.1 Å². The zero-order valence-corrected chi connectivity index (χ0v) is 7.77. The maximum atomic E-state index is 10.2. The van der Waals surface area contributed by atoms with Gasteiger partial charge in [0.15, 0.2) is 5.69 Å². The van der Waals surface area contributed by atoms with Crippen molar-refractivity contribution < 1.29 is 9.32 Å². The van der Waals surface area contributed by atoms with E-state index in [4.69, 9.17) is 5.73 Å². The summed E-state index contributed by atoms with van der Waals surface area (Å²) in [6.07, 6.45) is 8.02. The third kappa shape index (κ3) is 3.75. The molecule has 0 spiro atoms. The van der Waals surface area contributed by atoms with Crippen LogP contribution in [0.2, 0.25) is 0 Å². The number of primary amides is 1. The lowest BCUT2D eigenvalue weighted by molar-refractivity contribution is 0.0991. The third-order valence-corrected chi connectivity index (χ3v) is 1.62. The summed E-state index contributed by atoms with van der Waals surface area (Å²) in [5.74, 6) is -0.571. The van der Waals surface area contributed by atoms with Crippen LogP contribution in [0, 0.1) is 0 Å². The fourth-order valence-electron chi connectivity index (χ4n) is 0.912. The lowest BCUT2D eigenvalue weighted by Crippen LogP contribution is -2.10. The standard InChI is InChI=1S/C5H9N.C4H4N2O2/c1-2-4-6-5-3-1;5-4(7)3-1-2-8-6-3/h2,4,6H,1,3,5H2;1-2H,(H2,5,7). The summed E-state index contributed by atoms with van der Waals surface area (Å²) in [6.45, 7) is 1.16. The molecule has 0 aromatic carbocycles. The van der Waals surface area contributed by atoms with Gasteiger partial charge in [-0.3, -0.25) is 4.79 Å². The van der Waals surface area contributed by atoms with Crippen molar-refractivity contribution in [1.82, 2.24) is 10.5 Å². The van der Waals surface area contributed by atoms with Gasteiger partial charge in [0.25, 0.3) is 5.91 Å². The Balaban J connectivity index is 0.000000146. The summed E-state index contributed by atoms with van der Waals surface area (Å²) in [5, 5.41) is 6.37. The molecule has 0 bridgehead atoms. The molecule has 0 atom stereocenters. The van der Waals surface area contributed by atoms with E-state index in [1.807, 2.05) is 6.20 Å². The summed E-state index contributed by atoms with van der Waals surface area (Å²) in [7, 11) is 0. The maximum Gasteiger partial charge on any atom is 0.270 e. The molecule has 76 valence electrons. The summed E-state index contributed by atoms with van der Waals surface area (Å²) in [5.41, 5.74) is 4.95. The average molecular weight is 195 g/mol. The van der Waals surface area contributed by atoms with E-state index in [-0.39, 0.29) is 5.69 Å². The van der Waals surface area contributed by atoms with Crippen LogP contribution in [0.25, 0.3) is 0 Å². The van der Waals surface area contributed by atoms with Crippen LogP contribution in [-0.2, 0) is 0 Å². The lowest BCUT2D eigenvalue weighted by Gasteiger charge is -2.02. The maximum absolute atomic E-state index is 10.2. The van der Waals surface area contributed by atoms with E-state index in [0.717, 1.165) is 6.54 Å². The number of nitrogens with one attached hydrogen (secondary N) is 1. The van der Waals surface area contributed by atoms with E-state index >= 15 is 0 Å². The summed E-state index contributed by atoms with van der Waals surface area (Å²) in [6, 6.07) is 1.41. The topological polar surface area (TPSA) is 81.1 Å². The summed E-state index contributed by atoms with van der Waals surface area (Å²) < 4.78 is 4.32. The van der Waals surface area contributed by atoms with Crippen LogP contribution < -0.4 is 11.1 Å². The van der Waals surface area contributed by atoms with Crippen molar-refractivity contribution >= 4 is 5.91 Å². The molecule has 0 aliphatic carbocycles. The third-order valence-electron chi connectivity index (χ3n) is 1.62. The van der Waals surface area contributed by atoms with Crippen LogP contribution in [0.5, 0.6) is 0 Å². The molecule has 0 radical (unpaired) electrons. The van der Waals surface area contributed by atoms with Gasteiger partial charge in [0.05, 0.1) is 0 Å². The zero-order valence-electron chi connectivity index (χ0n) is 7.77. The molecule has 2 rings (SSSR count). The van der Waals surface area contributed by atoms with Gasteiger partial charge in [0, 0.05) is 12.6 Å². The Hall–Kier alpha value is -1.78. The first-order valence-corrected chi connectivity index (χ1v) is 4.39. The molecule has 5 heteroatoms. The summed E-state index contributed by atoms with van der Waals surface area (Å²) >= 11 is 0. The second kappa shape index (κ2) is 5.80. The first-order valence-electron chi connectivity index (χ1n) is 4.39. The fourth-order valence-corrected chi connectivity index (χ4v) is 0.912. The molecule has 1 amide bonds. The van der Waals surface area contributed by atoms with Crippen LogP contribution in [0.1, 0.15) is 23.3 Å². The molecular formula is C9H13N3O2. The Morgan fingerprint density at radius 2 is 2.50 bits per heavy atom. The Bertz CT molecular complexity index is 285. The molecule has 14 heavy (non-hydrogen) atoms. The normalized spacial score (nSPS) is 13.7. The second-order valence-corrected chi connectivity index (χ2v) is 2.75. The van der Waals surface area contributed by atoms with E-state index in [9.17, 15) is 4.79 Å². The van der Waals surface area contributed by atoms with Crippen molar-refractivity contribution in [2.75, 3.05) is 6.54 Å². The van der Waals surface area contributed by atoms with Gasteiger partial charge in [0.2, 0.25) is 0 Å². The number of rotatable bonds is 1. The van der Waals surface area contributed by atoms with Crippen LogP contribution in [0.4, 0.5) is 0 Å². The Morgan fingerprint density at radius 1 is 1.64 bits per heavy atom. The van der Waals surface area contributed by atoms with Crippen molar-refractivity contribution in [3.63, 3.8) is 0 Å². The molecule has 2 heterocycles. The molecule has 0 saturated heterocycles. The molecule has 1 aliphatic heterocycles. The largest absolute Gasteiger partial charge is 0.391 e. The number of nitrogens with two attached hydrogens (primary N) is 1. The number of hydrogen-bond donors (Lipinski definition) is 2. The van der Waals surface area contributed by atoms with Gasteiger partial charge in [-0.1, -0.05) is 11.2 Å². The Morgan fingerprint density at radius 3 is 2.71 bits per heavy atom. The van der Waals surface area contributed by atoms with Gasteiger partial charge < -0.3 is 15.6 Å². The van der Waals surface area contributed by atoms with Crippen molar-refractivity contribution in [3.05, 3.63) is 30.3 Å². The van der Waals surface area contributed by atoms with Crippen molar-refractivity contribution in [3.8, 4) is 0 Å². The number of allylic oxidation sites excluding steroid dienone is 1. The molecule has 0 unspecified atom stereocenters. The van der Waals surface area contributed by atoms with Gasteiger partial charge in [-0.2, -0.15) is 0 Å². The first-order chi connectivity index (χ1) is 6.80. The quantitative estimate of drug-likeness (QED) is 0.689. The summed E-state index contributed by atoms with van der Waals surface area (Å²) in [4.78, 5) is 10.2. The van der Waals surface area contributed by atoms with Gasteiger partial charge in [-0.15, -0.1) is 0 Å². The van der Waals surface area contributed by atoms with Gasteiger partial charge in [0.1, 0.15) is 6.26 Å². The zero-order chi connectivity index (χ0) is 10.2.